The summed E-state index contributed by atoms with van der Waals surface area (Å²) in [5.41, 5.74) is 0.663. The van der Waals surface area contributed by atoms with Gasteiger partial charge in [0.15, 0.2) is 6.04 Å². The largest absolute Gasteiger partial charge is 0.467 e. The summed E-state index contributed by atoms with van der Waals surface area (Å²) >= 11 is 0. The van der Waals surface area contributed by atoms with Gasteiger partial charge in [0.25, 0.3) is 0 Å². The second kappa shape index (κ2) is 9.59. The Bertz CT molecular complexity index is 838. The number of esters is 1. The van der Waals surface area contributed by atoms with Crippen LogP contribution < -0.4 is 10.6 Å². The molecule has 0 heterocycles. The SMILES string of the molecule is COC(=O)C(NC(=O)C(C)NC(=O)Cc1cc(F)cc(F)c1)c1ccccc1. The Labute approximate surface area is 160 Å². The summed E-state index contributed by atoms with van der Waals surface area (Å²) in [6.45, 7) is 1.43. The molecule has 2 rings (SSSR count). The van der Waals surface area contributed by atoms with E-state index in [1.54, 1.807) is 30.3 Å². The van der Waals surface area contributed by atoms with E-state index in [4.69, 9.17) is 4.74 Å². The van der Waals surface area contributed by atoms with E-state index in [2.05, 4.69) is 10.6 Å². The molecular weight excluding hydrogens is 370 g/mol. The lowest BCUT2D eigenvalue weighted by atomic mass is 10.1. The molecule has 0 bridgehead atoms. The molecule has 0 saturated heterocycles. The molecule has 0 aliphatic carbocycles. The van der Waals surface area contributed by atoms with Gasteiger partial charge >= 0.3 is 5.97 Å². The molecule has 2 unspecified atom stereocenters. The first-order chi connectivity index (χ1) is 13.3. The van der Waals surface area contributed by atoms with E-state index in [1.807, 2.05) is 0 Å². The zero-order valence-corrected chi connectivity index (χ0v) is 15.4. The van der Waals surface area contributed by atoms with E-state index in [1.165, 1.54) is 14.0 Å². The monoisotopic (exact) mass is 390 g/mol. The van der Waals surface area contributed by atoms with Crippen LogP contribution in [0.2, 0.25) is 0 Å². The first-order valence-electron chi connectivity index (χ1n) is 8.47. The van der Waals surface area contributed by atoms with Crippen LogP contribution in [0.25, 0.3) is 0 Å². The third-order valence-corrected chi connectivity index (χ3v) is 3.91. The van der Waals surface area contributed by atoms with Gasteiger partial charge in [-0.25, -0.2) is 13.6 Å². The van der Waals surface area contributed by atoms with Crippen LogP contribution in [0.5, 0.6) is 0 Å². The van der Waals surface area contributed by atoms with E-state index in [-0.39, 0.29) is 12.0 Å². The predicted octanol–water partition coefficient (Wildman–Crippen LogP) is 2.04. The summed E-state index contributed by atoms with van der Waals surface area (Å²) < 4.78 is 31.1. The van der Waals surface area contributed by atoms with Gasteiger partial charge in [-0.15, -0.1) is 0 Å². The maximum atomic E-state index is 13.2. The van der Waals surface area contributed by atoms with Crippen molar-refractivity contribution in [2.75, 3.05) is 7.11 Å². The predicted molar refractivity (Wildman–Crippen MR) is 97.0 cm³/mol. The van der Waals surface area contributed by atoms with Gasteiger partial charge < -0.3 is 15.4 Å². The Morgan fingerprint density at radius 2 is 1.61 bits per heavy atom. The highest BCUT2D eigenvalue weighted by atomic mass is 19.1. The van der Waals surface area contributed by atoms with Crippen LogP contribution in [0.4, 0.5) is 8.78 Å². The number of rotatable bonds is 7. The van der Waals surface area contributed by atoms with Gasteiger partial charge in [0, 0.05) is 6.07 Å². The number of carbonyl (C=O) groups excluding carboxylic acids is 3. The molecule has 0 spiro atoms. The number of carbonyl (C=O) groups is 3. The Morgan fingerprint density at radius 3 is 2.18 bits per heavy atom. The molecule has 0 radical (unpaired) electrons. The number of ether oxygens (including phenoxy) is 1. The van der Waals surface area contributed by atoms with E-state index in [9.17, 15) is 23.2 Å². The standard InChI is InChI=1S/C20H20F2N2O4/c1-12(23-17(25)10-13-8-15(21)11-16(22)9-13)19(26)24-18(20(27)28-2)14-6-4-3-5-7-14/h3-9,11-12,18H,10H2,1-2H3,(H,23,25)(H,24,26). The molecule has 2 aromatic carbocycles. The van der Waals surface area contributed by atoms with Crippen molar-refractivity contribution >= 4 is 17.8 Å². The van der Waals surface area contributed by atoms with Crippen molar-refractivity contribution in [3.63, 3.8) is 0 Å². The molecule has 2 N–H and O–H groups in total. The third kappa shape index (κ3) is 5.87. The molecule has 0 aromatic heterocycles. The lowest BCUT2D eigenvalue weighted by molar-refractivity contribution is -0.145. The molecule has 8 heteroatoms. The molecule has 0 fully saturated rings. The zero-order valence-electron chi connectivity index (χ0n) is 15.4. The second-order valence-electron chi connectivity index (χ2n) is 6.12. The lowest BCUT2D eigenvalue weighted by Crippen LogP contribution is -2.47. The highest BCUT2D eigenvalue weighted by molar-refractivity contribution is 5.91. The van der Waals surface area contributed by atoms with Gasteiger partial charge in [-0.2, -0.15) is 0 Å². The van der Waals surface area contributed by atoms with Crippen molar-refractivity contribution in [1.82, 2.24) is 10.6 Å². The van der Waals surface area contributed by atoms with Crippen molar-refractivity contribution in [1.29, 1.82) is 0 Å². The first kappa shape index (κ1) is 21.0. The maximum absolute atomic E-state index is 13.2. The Balaban J connectivity index is 2.00. The molecular formula is C20H20F2N2O4. The Hall–Kier alpha value is -3.29. The highest BCUT2D eigenvalue weighted by Gasteiger charge is 2.26. The maximum Gasteiger partial charge on any atom is 0.333 e. The van der Waals surface area contributed by atoms with Gasteiger partial charge in [0.2, 0.25) is 11.8 Å². The minimum Gasteiger partial charge on any atom is -0.467 e. The minimum absolute atomic E-state index is 0.138. The van der Waals surface area contributed by atoms with Gasteiger partial charge in [0.1, 0.15) is 17.7 Å². The number of hydrogen-bond donors (Lipinski definition) is 2. The average molecular weight is 390 g/mol. The molecule has 2 amide bonds. The van der Waals surface area contributed by atoms with Crippen LogP contribution >= 0.6 is 0 Å². The van der Waals surface area contributed by atoms with E-state index < -0.39 is 41.5 Å². The highest BCUT2D eigenvalue weighted by Crippen LogP contribution is 2.14. The summed E-state index contributed by atoms with van der Waals surface area (Å²) in [5.74, 6) is -3.46. The van der Waals surface area contributed by atoms with E-state index in [0.29, 0.717) is 11.6 Å². The van der Waals surface area contributed by atoms with Crippen molar-refractivity contribution in [3.05, 3.63) is 71.3 Å². The minimum atomic E-state index is -1.03. The summed E-state index contributed by atoms with van der Waals surface area (Å²) in [7, 11) is 1.20. The molecule has 2 aromatic rings. The van der Waals surface area contributed by atoms with Crippen LogP contribution in [0.1, 0.15) is 24.1 Å². The topological polar surface area (TPSA) is 84.5 Å². The summed E-state index contributed by atoms with van der Waals surface area (Å²) in [5, 5.41) is 4.96. The van der Waals surface area contributed by atoms with Crippen molar-refractivity contribution in [2.45, 2.75) is 25.4 Å². The third-order valence-electron chi connectivity index (χ3n) is 3.91. The van der Waals surface area contributed by atoms with Gasteiger partial charge in [-0.3, -0.25) is 9.59 Å². The van der Waals surface area contributed by atoms with Crippen molar-refractivity contribution in [3.8, 4) is 0 Å². The normalized spacial score (nSPS) is 12.6. The van der Waals surface area contributed by atoms with E-state index >= 15 is 0 Å². The fourth-order valence-corrected chi connectivity index (χ4v) is 2.57. The summed E-state index contributed by atoms with van der Waals surface area (Å²) in [6.07, 6.45) is -0.300. The van der Waals surface area contributed by atoms with Crippen LogP contribution in [-0.2, 0) is 25.5 Å². The number of benzene rings is 2. The average Bonchev–Trinajstić information content (AvgIpc) is 2.64. The van der Waals surface area contributed by atoms with Crippen LogP contribution in [0.15, 0.2) is 48.5 Å². The van der Waals surface area contributed by atoms with Crippen molar-refractivity contribution < 1.29 is 27.9 Å². The molecule has 28 heavy (non-hydrogen) atoms. The summed E-state index contributed by atoms with van der Waals surface area (Å²) in [4.78, 5) is 36.5. The molecule has 0 aliphatic rings. The van der Waals surface area contributed by atoms with Gasteiger partial charge in [0.05, 0.1) is 13.5 Å². The Kier molecular flexibility index (Phi) is 7.20. The molecule has 0 aliphatic heterocycles. The lowest BCUT2D eigenvalue weighted by Gasteiger charge is -2.20. The number of amides is 2. The summed E-state index contributed by atoms with van der Waals surface area (Å²) in [6, 6.07) is 9.25. The second-order valence-corrected chi connectivity index (χ2v) is 6.12. The molecule has 0 saturated carbocycles. The number of nitrogens with one attached hydrogen (secondary N) is 2. The molecule has 2 atom stereocenters. The fourth-order valence-electron chi connectivity index (χ4n) is 2.57. The fraction of sp³-hybridized carbons (Fsp3) is 0.250. The van der Waals surface area contributed by atoms with Gasteiger partial charge in [-0.05, 0) is 30.2 Å². The van der Waals surface area contributed by atoms with Crippen LogP contribution in [0, 0.1) is 11.6 Å². The molecule has 148 valence electrons. The smallest absolute Gasteiger partial charge is 0.333 e. The Morgan fingerprint density at radius 1 is 1.00 bits per heavy atom. The van der Waals surface area contributed by atoms with Crippen molar-refractivity contribution in [2.24, 2.45) is 0 Å². The number of methoxy groups -OCH3 is 1. The van der Waals surface area contributed by atoms with Crippen LogP contribution in [-0.4, -0.2) is 30.9 Å². The molecule has 6 nitrogen and oxygen atoms in total. The van der Waals surface area contributed by atoms with Gasteiger partial charge in [-0.1, -0.05) is 30.3 Å². The van der Waals surface area contributed by atoms with E-state index in [0.717, 1.165) is 12.1 Å². The first-order valence-corrected chi connectivity index (χ1v) is 8.47. The zero-order chi connectivity index (χ0) is 20.7. The number of hydrogen-bond acceptors (Lipinski definition) is 4. The quantitative estimate of drug-likeness (QED) is 0.709. The van der Waals surface area contributed by atoms with Crippen LogP contribution in [0.3, 0.4) is 0 Å². The number of halogens is 2.